The molecule has 0 bridgehead atoms. The fourth-order valence-corrected chi connectivity index (χ4v) is 4.71. The molecule has 0 fully saturated rings. The molecule has 2 aromatic rings. The Balaban J connectivity index is 2.87. The van der Waals surface area contributed by atoms with Crippen molar-refractivity contribution >= 4 is 11.9 Å². The molecule has 4 heteroatoms. The first kappa shape index (κ1) is 27.6. The van der Waals surface area contributed by atoms with Crippen LogP contribution in [0.2, 0.25) is 0 Å². The Morgan fingerprint density at radius 2 is 1.21 bits per heavy atom. The van der Waals surface area contributed by atoms with Crippen molar-refractivity contribution in [2.75, 3.05) is 13.2 Å². The van der Waals surface area contributed by atoms with E-state index in [2.05, 4.69) is 26.0 Å². The van der Waals surface area contributed by atoms with Crippen LogP contribution in [-0.4, -0.2) is 25.2 Å². The van der Waals surface area contributed by atoms with E-state index >= 15 is 0 Å². The molecule has 186 valence electrons. The minimum Gasteiger partial charge on any atom is -0.462 e. The minimum absolute atomic E-state index is 0.255. The number of hydrogen-bond donors (Lipinski definition) is 0. The summed E-state index contributed by atoms with van der Waals surface area (Å²) >= 11 is 0. The van der Waals surface area contributed by atoms with E-state index in [0.717, 1.165) is 67.2 Å². The zero-order valence-electron chi connectivity index (χ0n) is 21.8. The third-order valence-electron chi connectivity index (χ3n) is 6.30. The molecular formula is C30H42O4. The first-order valence-corrected chi connectivity index (χ1v) is 13.1. The first-order chi connectivity index (χ1) is 16.5. The van der Waals surface area contributed by atoms with Gasteiger partial charge in [-0.05, 0) is 74.3 Å². The van der Waals surface area contributed by atoms with E-state index < -0.39 is 11.9 Å². The second-order valence-electron chi connectivity index (χ2n) is 8.78. The Kier molecular flexibility index (Phi) is 11.9. The van der Waals surface area contributed by atoms with Crippen molar-refractivity contribution in [1.29, 1.82) is 0 Å². The van der Waals surface area contributed by atoms with E-state index in [1.807, 2.05) is 25.1 Å². The first-order valence-electron chi connectivity index (χ1n) is 13.1. The third kappa shape index (κ3) is 6.94. The summed E-state index contributed by atoms with van der Waals surface area (Å²) in [5.74, 6) is -0.871. The van der Waals surface area contributed by atoms with Gasteiger partial charge in [-0.2, -0.15) is 0 Å². The molecule has 0 aliphatic heterocycles. The zero-order valence-corrected chi connectivity index (χ0v) is 21.8. The number of esters is 2. The Bertz CT molecular complexity index is 931. The van der Waals surface area contributed by atoms with Crippen LogP contribution >= 0.6 is 0 Å². The highest BCUT2D eigenvalue weighted by atomic mass is 16.5. The average Bonchev–Trinajstić information content (AvgIpc) is 2.83. The molecular weight excluding hydrogens is 424 g/mol. The van der Waals surface area contributed by atoms with Gasteiger partial charge in [0.2, 0.25) is 0 Å². The molecule has 4 nitrogen and oxygen atoms in total. The monoisotopic (exact) mass is 466 g/mol. The van der Waals surface area contributed by atoms with Crippen molar-refractivity contribution in [3.05, 3.63) is 58.1 Å². The topological polar surface area (TPSA) is 52.6 Å². The summed E-state index contributed by atoms with van der Waals surface area (Å²) in [5, 5.41) is 0. The van der Waals surface area contributed by atoms with Crippen LogP contribution in [0, 0.1) is 6.92 Å². The van der Waals surface area contributed by atoms with Gasteiger partial charge in [-0.1, -0.05) is 76.3 Å². The number of rotatable bonds is 14. The summed E-state index contributed by atoms with van der Waals surface area (Å²) in [6, 6.07) is 10.2. The smallest absolute Gasteiger partial charge is 0.339 e. The molecule has 0 aromatic heterocycles. The molecule has 0 N–H and O–H groups in total. The fourth-order valence-electron chi connectivity index (χ4n) is 4.71. The van der Waals surface area contributed by atoms with Gasteiger partial charge in [0.05, 0.1) is 24.3 Å². The fraction of sp³-hybridized carbons (Fsp3) is 0.533. The maximum atomic E-state index is 13.3. The molecule has 0 saturated carbocycles. The molecule has 0 amide bonds. The van der Waals surface area contributed by atoms with Gasteiger partial charge >= 0.3 is 11.9 Å². The van der Waals surface area contributed by atoms with Crippen LogP contribution in [-0.2, 0) is 22.3 Å². The standard InChI is InChI=1S/C30H42O4/c1-6-10-12-17-21-24-25(20-14-11-7-2)28(30(32)34-9-4)27(29(31)33-8-3)22(5)26(24)23-18-15-13-16-19-23/h13,15-16,18-19H,6-12,14,17,20-21H2,1-5H3. The van der Waals surface area contributed by atoms with Crippen LogP contribution in [0.4, 0.5) is 0 Å². The summed E-state index contributed by atoms with van der Waals surface area (Å²) in [6.07, 6.45) is 9.30. The highest BCUT2D eigenvalue weighted by Crippen LogP contribution is 2.38. The maximum Gasteiger partial charge on any atom is 0.339 e. The highest BCUT2D eigenvalue weighted by Gasteiger charge is 2.30. The van der Waals surface area contributed by atoms with Gasteiger partial charge in [-0.15, -0.1) is 0 Å². The van der Waals surface area contributed by atoms with Crippen LogP contribution in [0.3, 0.4) is 0 Å². The van der Waals surface area contributed by atoms with E-state index in [-0.39, 0.29) is 13.2 Å². The average molecular weight is 467 g/mol. The van der Waals surface area contributed by atoms with Crippen LogP contribution in [0.25, 0.3) is 11.1 Å². The molecule has 34 heavy (non-hydrogen) atoms. The lowest BCUT2D eigenvalue weighted by molar-refractivity contribution is 0.0477. The quantitative estimate of drug-likeness (QED) is 0.210. The minimum atomic E-state index is -0.450. The summed E-state index contributed by atoms with van der Waals surface area (Å²) in [5.41, 5.74) is 5.88. The van der Waals surface area contributed by atoms with Crippen molar-refractivity contribution in [2.24, 2.45) is 0 Å². The van der Waals surface area contributed by atoms with Gasteiger partial charge in [0, 0.05) is 0 Å². The van der Waals surface area contributed by atoms with Gasteiger partial charge in [-0.3, -0.25) is 0 Å². The number of carbonyl (C=O) groups excluding carboxylic acids is 2. The van der Waals surface area contributed by atoms with Crippen LogP contribution in [0.5, 0.6) is 0 Å². The molecule has 0 aliphatic carbocycles. The molecule has 0 spiro atoms. The maximum absolute atomic E-state index is 13.3. The van der Waals surface area contributed by atoms with Gasteiger partial charge in [0.15, 0.2) is 0 Å². The number of unbranched alkanes of at least 4 members (excludes halogenated alkanes) is 5. The number of benzene rings is 2. The second-order valence-corrected chi connectivity index (χ2v) is 8.78. The normalized spacial score (nSPS) is 10.9. The third-order valence-corrected chi connectivity index (χ3v) is 6.30. The van der Waals surface area contributed by atoms with E-state index in [9.17, 15) is 9.59 Å². The Morgan fingerprint density at radius 3 is 1.79 bits per heavy atom. The SMILES string of the molecule is CCCCCCc1c(CCCCC)c(C(=O)OCC)c(C(=O)OCC)c(C)c1-c1ccccc1. The summed E-state index contributed by atoms with van der Waals surface area (Å²) in [4.78, 5) is 26.6. The lowest BCUT2D eigenvalue weighted by Gasteiger charge is -2.24. The molecule has 0 heterocycles. The van der Waals surface area contributed by atoms with E-state index in [1.54, 1.807) is 13.8 Å². The molecule has 2 rings (SSSR count). The van der Waals surface area contributed by atoms with Crippen molar-refractivity contribution in [3.8, 4) is 11.1 Å². The van der Waals surface area contributed by atoms with Gasteiger partial charge < -0.3 is 9.47 Å². The molecule has 0 aliphatic rings. The number of hydrogen-bond acceptors (Lipinski definition) is 4. The molecule has 0 radical (unpaired) electrons. The lowest BCUT2D eigenvalue weighted by Crippen LogP contribution is -2.21. The molecule has 2 aromatic carbocycles. The summed E-state index contributed by atoms with van der Waals surface area (Å²) in [7, 11) is 0. The predicted octanol–water partition coefficient (Wildman–Crippen LogP) is 7.87. The Hall–Kier alpha value is -2.62. The Labute approximate surface area is 206 Å². The molecule has 0 saturated heterocycles. The van der Waals surface area contributed by atoms with E-state index in [0.29, 0.717) is 11.1 Å². The Morgan fingerprint density at radius 1 is 0.676 bits per heavy atom. The second kappa shape index (κ2) is 14.6. The van der Waals surface area contributed by atoms with Crippen molar-refractivity contribution < 1.29 is 19.1 Å². The van der Waals surface area contributed by atoms with E-state index in [1.165, 1.54) is 18.4 Å². The highest BCUT2D eigenvalue weighted by molar-refractivity contribution is 6.07. The number of ether oxygens (including phenoxy) is 2. The largest absolute Gasteiger partial charge is 0.462 e. The zero-order chi connectivity index (χ0) is 24.9. The number of carbonyl (C=O) groups is 2. The molecule has 0 atom stereocenters. The van der Waals surface area contributed by atoms with Gasteiger partial charge in [0.25, 0.3) is 0 Å². The van der Waals surface area contributed by atoms with Gasteiger partial charge in [0.1, 0.15) is 0 Å². The predicted molar refractivity (Wildman–Crippen MR) is 140 cm³/mol. The summed E-state index contributed by atoms with van der Waals surface area (Å²) in [6.45, 7) is 10.4. The van der Waals surface area contributed by atoms with Crippen molar-refractivity contribution in [3.63, 3.8) is 0 Å². The van der Waals surface area contributed by atoms with Crippen molar-refractivity contribution in [2.45, 2.75) is 92.4 Å². The van der Waals surface area contributed by atoms with Crippen molar-refractivity contribution in [1.82, 2.24) is 0 Å². The summed E-state index contributed by atoms with van der Waals surface area (Å²) < 4.78 is 11.0. The van der Waals surface area contributed by atoms with Gasteiger partial charge in [-0.25, -0.2) is 9.59 Å². The molecule has 0 unspecified atom stereocenters. The lowest BCUT2D eigenvalue weighted by atomic mass is 9.80. The van der Waals surface area contributed by atoms with E-state index in [4.69, 9.17) is 9.47 Å². The van der Waals surface area contributed by atoms with Crippen LogP contribution < -0.4 is 0 Å². The van der Waals surface area contributed by atoms with Crippen LogP contribution in [0.15, 0.2) is 30.3 Å². The van der Waals surface area contributed by atoms with Crippen LogP contribution in [0.1, 0.15) is 110 Å².